The first-order valence-corrected chi connectivity index (χ1v) is 10.6. The molecule has 1 aliphatic rings. The molecule has 32 heavy (non-hydrogen) atoms. The van der Waals surface area contributed by atoms with Gasteiger partial charge >= 0.3 is 5.97 Å². The van der Waals surface area contributed by atoms with Crippen LogP contribution in [-0.2, 0) is 25.5 Å². The molecule has 1 fully saturated rings. The van der Waals surface area contributed by atoms with E-state index in [2.05, 4.69) is 5.32 Å². The van der Waals surface area contributed by atoms with E-state index in [1.54, 1.807) is 31.4 Å². The summed E-state index contributed by atoms with van der Waals surface area (Å²) in [5, 5.41) is 2.72. The third-order valence-electron chi connectivity index (χ3n) is 5.11. The van der Waals surface area contributed by atoms with Gasteiger partial charge in [-0.15, -0.1) is 0 Å². The van der Waals surface area contributed by atoms with Crippen molar-refractivity contribution in [2.45, 2.75) is 18.9 Å². The fraction of sp³-hybridized carbons (Fsp3) is 0.375. The van der Waals surface area contributed by atoms with E-state index in [4.69, 9.17) is 14.2 Å². The van der Waals surface area contributed by atoms with E-state index < -0.39 is 12.0 Å². The number of amides is 2. The highest BCUT2D eigenvalue weighted by molar-refractivity contribution is 5.99. The van der Waals surface area contributed by atoms with Crippen molar-refractivity contribution < 1.29 is 28.6 Å². The van der Waals surface area contributed by atoms with E-state index in [0.29, 0.717) is 44.0 Å². The summed E-state index contributed by atoms with van der Waals surface area (Å²) in [6.45, 7) is 1.74. The summed E-state index contributed by atoms with van der Waals surface area (Å²) in [6, 6.07) is 15.4. The molecule has 170 valence electrons. The molecule has 1 heterocycles. The van der Waals surface area contributed by atoms with Crippen LogP contribution in [0, 0.1) is 0 Å². The number of rotatable bonds is 10. The highest BCUT2D eigenvalue weighted by Gasteiger charge is 2.35. The Morgan fingerprint density at radius 1 is 1.03 bits per heavy atom. The van der Waals surface area contributed by atoms with Gasteiger partial charge in [0.15, 0.2) is 0 Å². The lowest BCUT2D eigenvalue weighted by molar-refractivity contribution is -0.147. The number of ether oxygens (including phenoxy) is 3. The highest BCUT2D eigenvalue weighted by Crippen LogP contribution is 2.18. The van der Waals surface area contributed by atoms with Crippen LogP contribution in [0.2, 0.25) is 0 Å². The molecular weight excluding hydrogens is 412 g/mol. The van der Waals surface area contributed by atoms with Crippen LogP contribution in [0.15, 0.2) is 54.6 Å². The van der Waals surface area contributed by atoms with Crippen molar-refractivity contribution in [2.75, 3.05) is 40.0 Å². The Balaban J connectivity index is 1.57. The number of piperazine rings is 1. The van der Waals surface area contributed by atoms with Gasteiger partial charge in [0.1, 0.15) is 18.4 Å². The zero-order valence-electron chi connectivity index (χ0n) is 18.1. The summed E-state index contributed by atoms with van der Waals surface area (Å²) in [5.74, 6) is -0.564. The smallest absolute Gasteiger partial charge is 0.308 e. The fourth-order valence-corrected chi connectivity index (χ4v) is 3.41. The van der Waals surface area contributed by atoms with E-state index in [1.807, 2.05) is 30.3 Å². The number of carbonyl (C=O) groups is 3. The fourth-order valence-electron chi connectivity index (χ4n) is 3.41. The van der Waals surface area contributed by atoms with Gasteiger partial charge in [0.05, 0.1) is 19.6 Å². The molecule has 1 aliphatic heterocycles. The molecule has 1 atom stereocenters. The van der Waals surface area contributed by atoms with Crippen molar-refractivity contribution in [1.29, 1.82) is 0 Å². The first-order valence-electron chi connectivity index (χ1n) is 10.6. The summed E-state index contributed by atoms with van der Waals surface area (Å²) in [6.07, 6.45) is 0.398. The van der Waals surface area contributed by atoms with Crippen molar-refractivity contribution in [3.63, 3.8) is 0 Å². The minimum atomic E-state index is -0.905. The van der Waals surface area contributed by atoms with Gasteiger partial charge in [-0.05, 0) is 29.8 Å². The van der Waals surface area contributed by atoms with Gasteiger partial charge in [-0.1, -0.05) is 30.3 Å². The predicted octanol–water partition coefficient (Wildman–Crippen LogP) is 1.83. The second-order valence-corrected chi connectivity index (χ2v) is 7.33. The molecule has 0 aromatic heterocycles. The molecule has 1 saturated heterocycles. The van der Waals surface area contributed by atoms with Gasteiger partial charge in [0, 0.05) is 32.2 Å². The Kier molecular flexibility index (Phi) is 8.62. The second kappa shape index (κ2) is 11.9. The molecule has 2 aromatic rings. The summed E-state index contributed by atoms with van der Waals surface area (Å²) in [5.41, 5.74) is 1.48. The number of hydrogen-bond donors (Lipinski definition) is 1. The van der Waals surface area contributed by atoms with E-state index in [-0.39, 0.29) is 24.8 Å². The number of benzene rings is 2. The van der Waals surface area contributed by atoms with Gasteiger partial charge < -0.3 is 24.4 Å². The molecule has 0 saturated carbocycles. The summed E-state index contributed by atoms with van der Waals surface area (Å²) < 4.78 is 15.8. The summed E-state index contributed by atoms with van der Waals surface area (Å²) in [4.78, 5) is 39.3. The van der Waals surface area contributed by atoms with Crippen LogP contribution >= 0.6 is 0 Å². The minimum Gasteiger partial charge on any atom is -0.491 e. The van der Waals surface area contributed by atoms with Crippen LogP contribution < -0.4 is 10.1 Å². The van der Waals surface area contributed by atoms with Crippen molar-refractivity contribution in [1.82, 2.24) is 10.2 Å². The molecule has 0 aliphatic carbocycles. The van der Waals surface area contributed by atoms with E-state index >= 15 is 0 Å². The molecule has 2 amide bonds. The largest absolute Gasteiger partial charge is 0.491 e. The minimum absolute atomic E-state index is 0.190. The van der Waals surface area contributed by atoms with Crippen LogP contribution in [0.5, 0.6) is 5.75 Å². The molecule has 0 radical (unpaired) electrons. The lowest BCUT2D eigenvalue weighted by atomic mass is 10.1. The maximum atomic E-state index is 13.0. The lowest BCUT2D eigenvalue weighted by Crippen LogP contribution is -2.57. The van der Waals surface area contributed by atoms with Crippen LogP contribution in [-0.4, -0.2) is 68.7 Å². The van der Waals surface area contributed by atoms with Crippen LogP contribution in [0.1, 0.15) is 22.3 Å². The number of nitrogens with zero attached hydrogens (tertiary/aromatic N) is 1. The third kappa shape index (κ3) is 6.55. The van der Waals surface area contributed by atoms with Crippen molar-refractivity contribution >= 4 is 17.8 Å². The van der Waals surface area contributed by atoms with Gasteiger partial charge in [0.2, 0.25) is 5.91 Å². The normalized spacial score (nSPS) is 15.7. The zero-order valence-corrected chi connectivity index (χ0v) is 18.1. The number of carbonyl (C=O) groups excluding carboxylic acids is 3. The average molecular weight is 440 g/mol. The Labute approximate surface area is 187 Å². The first kappa shape index (κ1) is 23.3. The van der Waals surface area contributed by atoms with Crippen molar-refractivity contribution in [2.24, 2.45) is 0 Å². The van der Waals surface area contributed by atoms with E-state index in [9.17, 15) is 14.4 Å². The number of methoxy groups -OCH3 is 1. The predicted molar refractivity (Wildman–Crippen MR) is 117 cm³/mol. The Hall–Kier alpha value is -3.39. The third-order valence-corrected chi connectivity index (χ3v) is 5.11. The molecule has 1 unspecified atom stereocenters. The molecule has 8 nitrogen and oxygen atoms in total. The van der Waals surface area contributed by atoms with E-state index in [0.717, 1.165) is 5.56 Å². The van der Waals surface area contributed by atoms with Gasteiger partial charge in [0.25, 0.3) is 5.91 Å². The maximum absolute atomic E-state index is 13.0. The second-order valence-electron chi connectivity index (χ2n) is 7.33. The van der Waals surface area contributed by atoms with Crippen LogP contribution in [0.4, 0.5) is 0 Å². The van der Waals surface area contributed by atoms with Gasteiger partial charge in [-0.2, -0.15) is 0 Å². The summed E-state index contributed by atoms with van der Waals surface area (Å²) in [7, 11) is 1.59. The topological polar surface area (TPSA) is 94.2 Å². The Bertz CT molecular complexity index is 900. The average Bonchev–Trinajstić information content (AvgIpc) is 2.81. The molecule has 2 aromatic carbocycles. The number of esters is 1. The van der Waals surface area contributed by atoms with Gasteiger partial charge in [-0.3, -0.25) is 14.4 Å². The molecule has 0 spiro atoms. The molecule has 8 heteroatoms. The molecular formula is C24H28N2O6. The zero-order chi connectivity index (χ0) is 22.8. The van der Waals surface area contributed by atoms with Crippen LogP contribution in [0.25, 0.3) is 0 Å². The van der Waals surface area contributed by atoms with Crippen LogP contribution in [0.3, 0.4) is 0 Å². The lowest BCUT2D eigenvalue weighted by Gasteiger charge is -2.34. The quantitative estimate of drug-likeness (QED) is 0.448. The first-order chi connectivity index (χ1) is 15.6. The number of nitrogens with one attached hydrogen (secondary N) is 1. The standard InChI is InChI=1S/C24H28N2O6/c1-30-15-16-31-20-9-7-19(8-10-20)24(29)26-13-12-25-23(28)21(26)17-22(27)32-14-11-18-5-3-2-4-6-18/h2-10,21H,11-17H2,1H3,(H,25,28). The molecule has 1 N–H and O–H groups in total. The molecule has 0 bridgehead atoms. The highest BCUT2D eigenvalue weighted by atomic mass is 16.5. The molecule has 3 rings (SSSR count). The SMILES string of the molecule is COCCOc1ccc(C(=O)N2CCNC(=O)C2CC(=O)OCCc2ccccc2)cc1. The van der Waals surface area contributed by atoms with Crippen molar-refractivity contribution in [3.8, 4) is 5.75 Å². The summed E-state index contributed by atoms with van der Waals surface area (Å²) >= 11 is 0. The maximum Gasteiger partial charge on any atom is 0.308 e. The monoisotopic (exact) mass is 440 g/mol. The number of hydrogen-bond acceptors (Lipinski definition) is 6. The Morgan fingerprint density at radius 2 is 1.78 bits per heavy atom. The van der Waals surface area contributed by atoms with Gasteiger partial charge in [-0.25, -0.2) is 0 Å². The Morgan fingerprint density at radius 3 is 2.50 bits per heavy atom. The van der Waals surface area contributed by atoms with E-state index in [1.165, 1.54) is 4.90 Å². The van der Waals surface area contributed by atoms with Crippen molar-refractivity contribution in [3.05, 3.63) is 65.7 Å².